The Morgan fingerprint density at radius 2 is 1.86 bits per heavy atom. The molecule has 1 aliphatic heterocycles. The van der Waals surface area contributed by atoms with Crippen LogP contribution in [0.15, 0.2) is 23.8 Å². The fourth-order valence-electron chi connectivity index (χ4n) is 6.29. The topological polar surface area (TPSA) is 49.9 Å². The summed E-state index contributed by atoms with van der Waals surface area (Å²) in [7, 11) is 1.80. The first-order valence-electron chi connectivity index (χ1n) is 13.7. The number of carbonyl (C=O) groups excluding carboxylic acids is 2. The van der Waals surface area contributed by atoms with E-state index in [0.717, 1.165) is 57.1 Å². The van der Waals surface area contributed by atoms with Gasteiger partial charge in [0.15, 0.2) is 0 Å². The van der Waals surface area contributed by atoms with E-state index >= 15 is 0 Å². The van der Waals surface area contributed by atoms with Gasteiger partial charge in [-0.3, -0.25) is 4.79 Å². The van der Waals surface area contributed by atoms with E-state index in [4.69, 9.17) is 4.74 Å². The number of carbonyl (C=O) groups is 2. The van der Waals surface area contributed by atoms with Crippen molar-refractivity contribution in [1.29, 1.82) is 0 Å². The molecule has 0 N–H and O–H groups in total. The van der Waals surface area contributed by atoms with E-state index < -0.39 is 5.60 Å². The lowest BCUT2D eigenvalue weighted by Crippen LogP contribution is -2.48. The first-order valence-corrected chi connectivity index (χ1v) is 13.7. The highest BCUT2D eigenvalue weighted by atomic mass is 19.1. The second-order valence-corrected chi connectivity index (χ2v) is 12.5. The van der Waals surface area contributed by atoms with Crippen molar-refractivity contribution < 1.29 is 18.7 Å². The van der Waals surface area contributed by atoms with E-state index in [1.54, 1.807) is 24.1 Å². The molecular weight excluding hydrogens is 455 g/mol. The standard InChI is InChI=1S/C30H43FN2O3/c1-19(2)15-27-26-17-22-16-23(31)11-12-24(22)25(26)13-14-33(27)28(34)21-9-7-20(8-10-21)18-32(6)29(35)36-30(3,4)5/h11-12,16,19-21,27H,7-10,13-15,17-18H2,1-6H3. The smallest absolute Gasteiger partial charge is 0.410 e. The zero-order chi connectivity index (χ0) is 26.2. The maximum absolute atomic E-state index is 13.9. The Labute approximate surface area is 216 Å². The maximum Gasteiger partial charge on any atom is 0.410 e. The first kappa shape index (κ1) is 26.7. The molecule has 198 valence electrons. The molecule has 2 amide bonds. The van der Waals surface area contributed by atoms with Gasteiger partial charge in [-0.2, -0.15) is 0 Å². The second-order valence-electron chi connectivity index (χ2n) is 12.5. The van der Waals surface area contributed by atoms with Crippen molar-refractivity contribution in [3.63, 3.8) is 0 Å². The van der Waals surface area contributed by atoms with Gasteiger partial charge in [-0.25, -0.2) is 9.18 Å². The molecule has 1 aromatic rings. The number of hydrogen-bond donors (Lipinski definition) is 0. The normalized spacial score (nSPS) is 24.0. The average molecular weight is 499 g/mol. The van der Waals surface area contributed by atoms with E-state index in [2.05, 4.69) is 18.7 Å². The third-order valence-corrected chi connectivity index (χ3v) is 7.95. The van der Waals surface area contributed by atoms with E-state index in [0.29, 0.717) is 18.4 Å². The van der Waals surface area contributed by atoms with Crippen LogP contribution in [-0.2, 0) is 16.0 Å². The highest BCUT2D eigenvalue weighted by molar-refractivity contribution is 5.84. The summed E-state index contributed by atoms with van der Waals surface area (Å²) in [4.78, 5) is 30.0. The van der Waals surface area contributed by atoms with Gasteiger partial charge in [0, 0.05) is 26.1 Å². The molecule has 5 nitrogen and oxygen atoms in total. The van der Waals surface area contributed by atoms with Gasteiger partial charge in [0.2, 0.25) is 5.91 Å². The summed E-state index contributed by atoms with van der Waals surface area (Å²) >= 11 is 0. The van der Waals surface area contributed by atoms with Crippen LogP contribution in [0.2, 0.25) is 0 Å². The van der Waals surface area contributed by atoms with E-state index in [1.165, 1.54) is 16.7 Å². The van der Waals surface area contributed by atoms with Gasteiger partial charge in [-0.05, 0) is 112 Å². The summed E-state index contributed by atoms with van der Waals surface area (Å²) in [5.74, 6) is 1.01. The molecule has 1 fully saturated rings. The van der Waals surface area contributed by atoms with Crippen molar-refractivity contribution in [3.05, 3.63) is 40.7 Å². The minimum Gasteiger partial charge on any atom is -0.444 e. The molecule has 1 heterocycles. The molecular formula is C30H43FN2O3. The minimum absolute atomic E-state index is 0.0473. The molecule has 1 unspecified atom stereocenters. The van der Waals surface area contributed by atoms with Crippen LogP contribution in [0.5, 0.6) is 0 Å². The highest BCUT2D eigenvalue weighted by Crippen LogP contribution is 2.44. The number of rotatable bonds is 5. The summed E-state index contributed by atoms with van der Waals surface area (Å²) in [6.07, 6.45) is 5.90. The molecule has 3 aliphatic rings. The Morgan fingerprint density at radius 3 is 2.50 bits per heavy atom. The van der Waals surface area contributed by atoms with E-state index in [1.807, 2.05) is 26.8 Å². The molecule has 1 atom stereocenters. The number of hydrogen-bond acceptors (Lipinski definition) is 3. The molecule has 1 aromatic carbocycles. The van der Waals surface area contributed by atoms with Gasteiger partial charge in [0.1, 0.15) is 11.4 Å². The zero-order valence-electron chi connectivity index (χ0n) is 22.9. The summed E-state index contributed by atoms with van der Waals surface area (Å²) in [5.41, 5.74) is 4.42. The molecule has 0 spiro atoms. The maximum atomic E-state index is 13.9. The average Bonchev–Trinajstić information content (AvgIpc) is 3.16. The van der Waals surface area contributed by atoms with Crippen LogP contribution in [0.4, 0.5) is 9.18 Å². The summed E-state index contributed by atoms with van der Waals surface area (Å²) in [6, 6.07) is 5.25. The van der Waals surface area contributed by atoms with Crippen LogP contribution >= 0.6 is 0 Å². The van der Waals surface area contributed by atoms with Crippen molar-refractivity contribution >= 4 is 17.6 Å². The Kier molecular flexibility index (Phi) is 7.82. The third-order valence-electron chi connectivity index (χ3n) is 7.95. The van der Waals surface area contributed by atoms with E-state index in [9.17, 15) is 14.0 Å². The minimum atomic E-state index is -0.499. The molecule has 1 saturated carbocycles. The summed E-state index contributed by atoms with van der Waals surface area (Å²) < 4.78 is 19.4. The molecule has 0 radical (unpaired) electrons. The SMILES string of the molecule is CC(C)CC1C2=C(CCN1C(=O)C1CCC(CN(C)C(=O)OC(C)(C)C)CC1)c1ccc(F)cc1C2. The number of nitrogens with zero attached hydrogens (tertiary/aromatic N) is 2. The Morgan fingerprint density at radius 1 is 1.17 bits per heavy atom. The quantitative estimate of drug-likeness (QED) is 0.468. The van der Waals surface area contributed by atoms with Gasteiger partial charge in [-0.1, -0.05) is 19.9 Å². The molecule has 2 aliphatic carbocycles. The lowest BCUT2D eigenvalue weighted by Gasteiger charge is -2.41. The third kappa shape index (κ3) is 5.95. The molecule has 6 heteroatoms. The number of amides is 2. The monoisotopic (exact) mass is 498 g/mol. The predicted molar refractivity (Wildman–Crippen MR) is 141 cm³/mol. The highest BCUT2D eigenvalue weighted by Gasteiger charge is 2.40. The lowest BCUT2D eigenvalue weighted by atomic mass is 9.80. The predicted octanol–water partition coefficient (Wildman–Crippen LogP) is 6.46. The molecule has 0 bridgehead atoms. The van der Waals surface area contributed by atoms with Crippen molar-refractivity contribution in [1.82, 2.24) is 9.80 Å². The Bertz CT molecular complexity index is 1020. The van der Waals surface area contributed by atoms with Gasteiger partial charge in [-0.15, -0.1) is 0 Å². The van der Waals surface area contributed by atoms with Gasteiger partial charge >= 0.3 is 6.09 Å². The zero-order valence-corrected chi connectivity index (χ0v) is 22.9. The van der Waals surface area contributed by atoms with Gasteiger partial charge in [0.05, 0.1) is 6.04 Å². The van der Waals surface area contributed by atoms with Crippen LogP contribution in [0.3, 0.4) is 0 Å². The van der Waals surface area contributed by atoms with Crippen molar-refractivity contribution in [2.75, 3.05) is 20.1 Å². The van der Waals surface area contributed by atoms with E-state index in [-0.39, 0.29) is 29.8 Å². The van der Waals surface area contributed by atoms with Crippen molar-refractivity contribution in [2.24, 2.45) is 17.8 Å². The van der Waals surface area contributed by atoms with Crippen LogP contribution in [0.25, 0.3) is 5.57 Å². The van der Waals surface area contributed by atoms with Crippen LogP contribution in [0.1, 0.15) is 84.3 Å². The fraction of sp³-hybridized carbons (Fsp3) is 0.667. The van der Waals surface area contributed by atoms with Gasteiger partial charge in [0.25, 0.3) is 0 Å². The number of benzene rings is 1. The fourth-order valence-corrected chi connectivity index (χ4v) is 6.29. The molecule has 36 heavy (non-hydrogen) atoms. The summed E-state index contributed by atoms with van der Waals surface area (Å²) in [6.45, 7) is 11.5. The van der Waals surface area contributed by atoms with Crippen LogP contribution in [0, 0.1) is 23.6 Å². The second kappa shape index (κ2) is 10.5. The van der Waals surface area contributed by atoms with Crippen LogP contribution in [-0.4, -0.2) is 53.6 Å². The van der Waals surface area contributed by atoms with Crippen LogP contribution < -0.4 is 0 Å². The largest absolute Gasteiger partial charge is 0.444 e. The molecule has 0 aromatic heterocycles. The van der Waals surface area contributed by atoms with Crippen molar-refractivity contribution in [3.8, 4) is 0 Å². The Hall–Kier alpha value is -2.37. The molecule has 4 rings (SSSR count). The number of halogens is 1. The Balaban J connectivity index is 1.39. The first-order chi connectivity index (χ1) is 16.9. The number of fused-ring (bicyclic) bond motifs is 2. The lowest BCUT2D eigenvalue weighted by molar-refractivity contribution is -0.139. The number of ether oxygens (including phenoxy) is 1. The van der Waals surface area contributed by atoms with Crippen molar-refractivity contribution in [2.45, 2.75) is 91.2 Å². The summed E-state index contributed by atoms with van der Waals surface area (Å²) in [5, 5.41) is 0. The molecule has 0 saturated heterocycles. The van der Waals surface area contributed by atoms with Gasteiger partial charge < -0.3 is 14.5 Å².